The van der Waals surface area contributed by atoms with E-state index in [2.05, 4.69) is 10.4 Å². The molecule has 0 aliphatic rings. The van der Waals surface area contributed by atoms with Crippen LogP contribution in [0.2, 0.25) is 0 Å². The minimum atomic E-state index is -4.60. The predicted octanol–water partition coefficient (Wildman–Crippen LogP) is 4.29. The van der Waals surface area contributed by atoms with E-state index in [1.54, 1.807) is 0 Å². The molecular weight excluding hydrogens is 366 g/mol. The molecule has 2 aromatic carbocycles. The molecule has 9 heteroatoms. The van der Waals surface area contributed by atoms with Crippen molar-refractivity contribution in [1.29, 1.82) is 0 Å². The second-order valence-electron chi connectivity index (χ2n) is 5.46. The number of rotatable bonds is 4. The van der Waals surface area contributed by atoms with Crippen LogP contribution in [-0.2, 0) is 6.18 Å². The molecule has 0 atom stereocenters. The number of carbonyl (C=O) groups is 1. The smallest absolute Gasteiger partial charge is 0.435 e. The van der Waals surface area contributed by atoms with Gasteiger partial charge in [-0.3, -0.25) is 4.79 Å². The van der Waals surface area contributed by atoms with E-state index >= 15 is 0 Å². The van der Waals surface area contributed by atoms with Crippen LogP contribution in [0.1, 0.15) is 16.1 Å². The van der Waals surface area contributed by atoms with Crippen LogP contribution in [0.4, 0.5) is 23.2 Å². The number of methoxy groups -OCH3 is 1. The maximum absolute atomic E-state index is 13.6. The monoisotopic (exact) mass is 379 g/mol. The number of nitrogens with zero attached hydrogens (tertiary/aromatic N) is 2. The standard InChI is InChI=1S/C18H13F4N3O2/c1-27-16-10-15(18(20,21)22)24-25(16)12-8-6-11(7-9-12)23-17(26)13-4-2-3-5-14(13)19/h2-10H,1H3,(H,23,26). The molecule has 0 saturated carbocycles. The average molecular weight is 379 g/mol. The van der Waals surface area contributed by atoms with Gasteiger partial charge in [0.05, 0.1) is 18.4 Å². The molecule has 0 fully saturated rings. The van der Waals surface area contributed by atoms with Crippen molar-refractivity contribution in [2.24, 2.45) is 0 Å². The number of aromatic nitrogens is 2. The van der Waals surface area contributed by atoms with Crippen LogP contribution in [0.5, 0.6) is 5.88 Å². The molecule has 1 amide bonds. The fourth-order valence-electron chi connectivity index (χ4n) is 2.36. The van der Waals surface area contributed by atoms with Gasteiger partial charge in [-0.05, 0) is 36.4 Å². The molecule has 3 aromatic rings. The molecule has 0 unspecified atom stereocenters. The fourth-order valence-corrected chi connectivity index (χ4v) is 2.36. The Kier molecular flexibility index (Phi) is 4.85. The topological polar surface area (TPSA) is 56.1 Å². The Morgan fingerprint density at radius 2 is 1.78 bits per heavy atom. The predicted molar refractivity (Wildman–Crippen MR) is 89.5 cm³/mol. The van der Waals surface area contributed by atoms with Crippen molar-refractivity contribution < 1.29 is 27.1 Å². The average Bonchev–Trinajstić information content (AvgIpc) is 3.07. The Labute approximate surface area is 151 Å². The number of carbonyl (C=O) groups excluding carboxylic acids is 1. The molecule has 0 aliphatic carbocycles. The van der Waals surface area contributed by atoms with E-state index in [0.717, 1.165) is 10.7 Å². The van der Waals surface area contributed by atoms with Crippen LogP contribution in [0.15, 0.2) is 54.6 Å². The fraction of sp³-hybridized carbons (Fsp3) is 0.111. The summed E-state index contributed by atoms with van der Waals surface area (Å²) in [7, 11) is 1.23. The van der Waals surface area contributed by atoms with Gasteiger partial charge < -0.3 is 10.1 Å². The summed E-state index contributed by atoms with van der Waals surface area (Å²) in [6, 6.07) is 12.1. The third-order valence-corrected chi connectivity index (χ3v) is 3.66. The zero-order valence-electron chi connectivity index (χ0n) is 13.9. The maximum Gasteiger partial charge on any atom is 0.435 e. The van der Waals surface area contributed by atoms with Gasteiger partial charge in [-0.15, -0.1) is 0 Å². The highest BCUT2D eigenvalue weighted by atomic mass is 19.4. The van der Waals surface area contributed by atoms with Gasteiger partial charge in [0.2, 0.25) is 5.88 Å². The van der Waals surface area contributed by atoms with E-state index in [9.17, 15) is 22.4 Å². The summed E-state index contributed by atoms with van der Waals surface area (Å²) in [5, 5.41) is 6.02. The van der Waals surface area contributed by atoms with Crippen LogP contribution in [0.3, 0.4) is 0 Å². The molecule has 0 spiro atoms. The lowest BCUT2D eigenvalue weighted by molar-refractivity contribution is -0.141. The lowest BCUT2D eigenvalue weighted by atomic mass is 10.2. The minimum absolute atomic E-state index is 0.0922. The molecule has 1 aromatic heterocycles. The second-order valence-corrected chi connectivity index (χ2v) is 5.46. The molecule has 1 N–H and O–H groups in total. The van der Waals surface area contributed by atoms with E-state index in [0.29, 0.717) is 11.4 Å². The molecule has 0 bridgehead atoms. The number of nitrogens with one attached hydrogen (secondary N) is 1. The number of alkyl halides is 3. The highest BCUT2D eigenvalue weighted by molar-refractivity contribution is 6.04. The first kappa shape index (κ1) is 18.4. The van der Waals surface area contributed by atoms with Gasteiger partial charge in [0, 0.05) is 11.8 Å². The largest absolute Gasteiger partial charge is 0.481 e. The SMILES string of the molecule is COc1cc(C(F)(F)F)nn1-c1ccc(NC(=O)c2ccccc2F)cc1. The Morgan fingerprint density at radius 3 is 2.37 bits per heavy atom. The maximum atomic E-state index is 13.6. The number of ether oxygens (including phenoxy) is 1. The van der Waals surface area contributed by atoms with Gasteiger partial charge in [-0.1, -0.05) is 12.1 Å². The van der Waals surface area contributed by atoms with Crippen LogP contribution < -0.4 is 10.1 Å². The Balaban J connectivity index is 1.83. The lowest BCUT2D eigenvalue weighted by Gasteiger charge is -2.09. The molecular formula is C18H13F4N3O2. The lowest BCUT2D eigenvalue weighted by Crippen LogP contribution is -2.13. The molecule has 3 rings (SSSR count). The van der Waals surface area contributed by atoms with Crippen molar-refractivity contribution in [3.05, 3.63) is 71.7 Å². The molecule has 27 heavy (non-hydrogen) atoms. The number of benzene rings is 2. The zero-order chi connectivity index (χ0) is 19.6. The highest BCUT2D eigenvalue weighted by Crippen LogP contribution is 2.32. The van der Waals surface area contributed by atoms with Gasteiger partial charge in [-0.25, -0.2) is 9.07 Å². The van der Waals surface area contributed by atoms with Crippen molar-refractivity contribution >= 4 is 11.6 Å². The number of amides is 1. The third kappa shape index (κ3) is 3.91. The molecule has 0 aliphatic heterocycles. The van der Waals surface area contributed by atoms with Gasteiger partial charge in [-0.2, -0.15) is 18.3 Å². The first-order chi connectivity index (χ1) is 12.8. The van der Waals surface area contributed by atoms with E-state index in [4.69, 9.17) is 4.74 Å². The van der Waals surface area contributed by atoms with Crippen molar-refractivity contribution in [2.45, 2.75) is 6.18 Å². The molecule has 5 nitrogen and oxygen atoms in total. The zero-order valence-corrected chi connectivity index (χ0v) is 13.9. The van der Waals surface area contributed by atoms with Gasteiger partial charge in [0.15, 0.2) is 5.69 Å². The van der Waals surface area contributed by atoms with Crippen molar-refractivity contribution in [2.75, 3.05) is 12.4 Å². The summed E-state index contributed by atoms with van der Waals surface area (Å²) in [5.74, 6) is -1.39. The van der Waals surface area contributed by atoms with E-state index in [1.165, 1.54) is 55.6 Å². The van der Waals surface area contributed by atoms with Crippen molar-refractivity contribution in [3.8, 4) is 11.6 Å². The summed E-state index contributed by atoms with van der Waals surface area (Å²) >= 11 is 0. The number of hydrogen-bond acceptors (Lipinski definition) is 3. The van der Waals surface area contributed by atoms with E-state index in [1.807, 2.05) is 0 Å². The third-order valence-electron chi connectivity index (χ3n) is 3.66. The van der Waals surface area contributed by atoms with Crippen LogP contribution in [0, 0.1) is 5.82 Å². The molecule has 0 saturated heterocycles. The second kappa shape index (κ2) is 7.10. The summed E-state index contributed by atoms with van der Waals surface area (Å²) < 4.78 is 58.0. The number of anilines is 1. The summed E-state index contributed by atoms with van der Waals surface area (Å²) in [4.78, 5) is 12.1. The number of halogens is 4. The molecule has 1 heterocycles. The molecule has 140 valence electrons. The summed E-state index contributed by atoms with van der Waals surface area (Å²) in [6.45, 7) is 0. The molecule has 0 radical (unpaired) electrons. The first-order valence-corrected chi connectivity index (χ1v) is 7.67. The van der Waals surface area contributed by atoms with Gasteiger partial charge in [0.25, 0.3) is 5.91 Å². The van der Waals surface area contributed by atoms with E-state index in [-0.39, 0.29) is 11.4 Å². The quantitative estimate of drug-likeness (QED) is 0.688. The number of hydrogen-bond donors (Lipinski definition) is 1. The highest BCUT2D eigenvalue weighted by Gasteiger charge is 2.35. The Morgan fingerprint density at radius 1 is 1.11 bits per heavy atom. The minimum Gasteiger partial charge on any atom is -0.481 e. The van der Waals surface area contributed by atoms with Gasteiger partial charge >= 0.3 is 6.18 Å². The van der Waals surface area contributed by atoms with Crippen molar-refractivity contribution in [1.82, 2.24) is 9.78 Å². The first-order valence-electron chi connectivity index (χ1n) is 7.67. The van der Waals surface area contributed by atoms with E-state index < -0.39 is 23.6 Å². The van der Waals surface area contributed by atoms with Crippen LogP contribution in [0.25, 0.3) is 5.69 Å². The normalized spacial score (nSPS) is 11.3. The van der Waals surface area contributed by atoms with Crippen LogP contribution in [-0.4, -0.2) is 22.8 Å². The Hall–Kier alpha value is -3.36. The Bertz CT molecular complexity index is 965. The summed E-state index contributed by atoms with van der Waals surface area (Å²) in [5.41, 5.74) is -0.568. The summed E-state index contributed by atoms with van der Waals surface area (Å²) in [6.07, 6.45) is -4.60. The van der Waals surface area contributed by atoms with Crippen molar-refractivity contribution in [3.63, 3.8) is 0 Å². The van der Waals surface area contributed by atoms with Crippen LogP contribution >= 0.6 is 0 Å². The van der Waals surface area contributed by atoms with Gasteiger partial charge in [0.1, 0.15) is 5.82 Å².